The fourth-order valence-corrected chi connectivity index (χ4v) is 5.49. The third-order valence-electron chi connectivity index (χ3n) is 6.77. The van der Waals surface area contributed by atoms with Crippen LogP contribution in [0.3, 0.4) is 0 Å². The van der Waals surface area contributed by atoms with Crippen molar-refractivity contribution in [2.24, 2.45) is 0 Å². The molecule has 5 rings (SSSR count). The molecule has 1 heterocycles. The Labute approximate surface area is 251 Å². The molecule has 216 valence electrons. The summed E-state index contributed by atoms with van der Waals surface area (Å²) in [5.74, 6) is -1.15. The van der Waals surface area contributed by atoms with Crippen LogP contribution in [0.2, 0.25) is 0 Å². The lowest BCUT2D eigenvalue weighted by molar-refractivity contribution is -0.143. The second kappa shape index (κ2) is 13.1. The van der Waals surface area contributed by atoms with Gasteiger partial charge in [-0.15, -0.1) is 0 Å². The number of methoxy groups -OCH3 is 2. The van der Waals surface area contributed by atoms with E-state index in [1.165, 1.54) is 20.3 Å². The number of hydrogen-bond acceptors (Lipinski definition) is 8. The Morgan fingerprint density at radius 2 is 1.40 bits per heavy atom. The summed E-state index contributed by atoms with van der Waals surface area (Å²) in [5.41, 5.74) is 4.28. The lowest BCUT2D eigenvalue weighted by Crippen LogP contribution is -2.17. The molecule has 0 fully saturated rings. The summed E-state index contributed by atoms with van der Waals surface area (Å²) >= 11 is 1.09. The average Bonchev–Trinajstić information content (AvgIpc) is 3.37. The van der Waals surface area contributed by atoms with Gasteiger partial charge in [0.05, 0.1) is 31.0 Å². The molecular formula is C34H27NO7S. The van der Waals surface area contributed by atoms with Crippen molar-refractivity contribution < 1.29 is 28.6 Å². The molecule has 0 aliphatic carbocycles. The Morgan fingerprint density at radius 1 is 0.767 bits per heavy atom. The van der Waals surface area contributed by atoms with Gasteiger partial charge in [0.15, 0.2) is 5.78 Å². The highest BCUT2D eigenvalue weighted by atomic mass is 32.1. The largest absolute Gasteiger partial charge is 0.492 e. The molecule has 0 spiro atoms. The number of rotatable bonds is 10. The minimum absolute atomic E-state index is 0.110. The molecule has 0 aliphatic rings. The zero-order valence-electron chi connectivity index (χ0n) is 23.4. The fraction of sp³-hybridized carbons (Fsp3) is 0.118. The van der Waals surface area contributed by atoms with Gasteiger partial charge in [0.25, 0.3) is 0 Å². The number of ketones is 1. The third-order valence-corrected chi connectivity index (χ3v) is 7.71. The molecular weight excluding hydrogens is 566 g/mol. The van der Waals surface area contributed by atoms with Crippen molar-refractivity contribution in [3.63, 3.8) is 0 Å². The molecule has 0 aliphatic heterocycles. The molecule has 0 unspecified atom stereocenters. The number of ether oxygens (including phenoxy) is 3. The maximum atomic E-state index is 13.2. The summed E-state index contributed by atoms with van der Waals surface area (Å²) in [7, 11) is 2.37. The highest BCUT2D eigenvalue weighted by Gasteiger charge is 2.19. The molecule has 0 amide bonds. The molecule has 9 heteroatoms. The molecule has 0 saturated carbocycles. The highest BCUT2D eigenvalue weighted by Crippen LogP contribution is 2.24. The van der Waals surface area contributed by atoms with Gasteiger partial charge in [-0.25, -0.2) is 9.59 Å². The van der Waals surface area contributed by atoms with Gasteiger partial charge in [0.2, 0.25) is 0 Å². The third kappa shape index (κ3) is 6.63. The van der Waals surface area contributed by atoms with Crippen molar-refractivity contribution in [2.45, 2.75) is 6.54 Å². The summed E-state index contributed by atoms with van der Waals surface area (Å²) in [5, 5.41) is 0. The van der Waals surface area contributed by atoms with E-state index in [1.54, 1.807) is 47.0 Å². The van der Waals surface area contributed by atoms with Crippen LogP contribution in [0.4, 0.5) is 0 Å². The van der Waals surface area contributed by atoms with E-state index in [2.05, 4.69) is 9.47 Å². The fourth-order valence-electron chi connectivity index (χ4n) is 4.53. The Hall–Kier alpha value is -5.28. The number of fused-ring (bicyclic) bond motifs is 1. The lowest BCUT2D eigenvalue weighted by Gasteiger charge is -2.09. The first kappa shape index (κ1) is 29.2. The summed E-state index contributed by atoms with van der Waals surface area (Å²) in [6.45, 7) is 0.536. The topological polar surface area (TPSA) is 101 Å². The van der Waals surface area contributed by atoms with Gasteiger partial charge in [-0.2, -0.15) is 0 Å². The summed E-state index contributed by atoms with van der Waals surface area (Å²) in [6.07, 6.45) is 1.37. The first-order valence-electron chi connectivity index (χ1n) is 13.3. The quantitative estimate of drug-likeness (QED) is 0.0666. The number of carbonyl (C=O) groups excluding carboxylic acids is 3. The van der Waals surface area contributed by atoms with Gasteiger partial charge < -0.3 is 14.2 Å². The molecule has 0 bridgehead atoms. The monoisotopic (exact) mass is 593 g/mol. The van der Waals surface area contributed by atoms with E-state index in [9.17, 15) is 19.2 Å². The van der Waals surface area contributed by atoms with Gasteiger partial charge in [0.1, 0.15) is 17.9 Å². The average molecular weight is 594 g/mol. The second-order valence-corrected chi connectivity index (χ2v) is 10.4. The van der Waals surface area contributed by atoms with Crippen LogP contribution in [0.15, 0.2) is 107 Å². The maximum absolute atomic E-state index is 13.2. The van der Waals surface area contributed by atoms with Crippen molar-refractivity contribution in [3.05, 3.63) is 129 Å². The van der Waals surface area contributed by atoms with Crippen LogP contribution in [0.1, 0.15) is 21.5 Å². The van der Waals surface area contributed by atoms with E-state index in [-0.39, 0.29) is 22.8 Å². The van der Waals surface area contributed by atoms with Crippen LogP contribution < -0.4 is 9.61 Å². The Kier molecular flexibility index (Phi) is 8.93. The highest BCUT2D eigenvalue weighted by molar-refractivity contribution is 7.16. The Morgan fingerprint density at radius 3 is 2.05 bits per heavy atom. The summed E-state index contributed by atoms with van der Waals surface area (Å²) < 4.78 is 17.5. The van der Waals surface area contributed by atoms with Gasteiger partial charge in [0, 0.05) is 11.1 Å². The van der Waals surface area contributed by atoms with Gasteiger partial charge in [-0.1, -0.05) is 78.1 Å². The molecule has 43 heavy (non-hydrogen) atoms. The van der Waals surface area contributed by atoms with Gasteiger partial charge in [-0.05, 0) is 53.1 Å². The van der Waals surface area contributed by atoms with Crippen molar-refractivity contribution >= 4 is 45.4 Å². The SMILES string of the molecule is COC(=O)C(=Cc1ccc(OCCn2c(=O)sc3cc(C(=O)c4ccc(-c5ccccc5)cc4)ccc32)cc1)C(=O)OC. The number of esters is 2. The summed E-state index contributed by atoms with van der Waals surface area (Å²) in [4.78, 5) is 49.6. The number of carbonyl (C=O) groups is 3. The Balaban J connectivity index is 1.24. The number of aromatic nitrogens is 1. The molecule has 0 saturated heterocycles. The molecule has 0 radical (unpaired) electrons. The minimum atomic E-state index is -0.797. The van der Waals surface area contributed by atoms with Crippen LogP contribution in [-0.4, -0.2) is 43.1 Å². The van der Waals surface area contributed by atoms with E-state index >= 15 is 0 Å². The first-order chi connectivity index (χ1) is 20.9. The second-order valence-electron chi connectivity index (χ2n) is 9.43. The van der Waals surface area contributed by atoms with Crippen LogP contribution >= 0.6 is 11.3 Å². The number of hydrogen-bond donors (Lipinski definition) is 0. The Bertz CT molecular complexity index is 1850. The smallest absolute Gasteiger partial charge is 0.345 e. The predicted molar refractivity (Wildman–Crippen MR) is 165 cm³/mol. The van der Waals surface area contributed by atoms with E-state index < -0.39 is 11.9 Å². The van der Waals surface area contributed by atoms with Crippen LogP contribution in [0, 0.1) is 0 Å². The maximum Gasteiger partial charge on any atom is 0.345 e. The zero-order valence-corrected chi connectivity index (χ0v) is 24.3. The molecule has 8 nitrogen and oxygen atoms in total. The first-order valence-corrected chi connectivity index (χ1v) is 14.1. The minimum Gasteiger partial charge on any atom is -0.492 e. The van der Waals surface area contributed by atoms with Crippen LogP contribution in [0.25, 0.3) is 27.4 Å². The zero-order chi connectivity index (χ0) is 30.3. The molecule has 5 aromatic rings. The number of nitrogens with zero attached hydrogens (tertiary/aromatic N) is 1. The van der Waals surface area contributed by atoms with Crippen molar-refractivity contribution in [2.75, 3.05) is 20.8 Å². The van der Waals surface area contributed by atoms with Crippen LogP contribution in [-0.2, 0) is 25.6 Å². The standard InChI is InChI=1S/C34H27NO7S/c1-40-32(37)28(33(38)41-2)20-22-8-15-27(16-9-22)42-19-18-35-29-17-14-26(21-30(29)43-34(35)39)31(36)25-12-10-24(11-13-25)23-6-4-3-5-7-23/h3-17,20-21H,18-19H2,1-2H3. The van der Waals surface area contributed by atoms with Gasteiger partial charge >= 0.3 is 16.8 Å². The number of benzene rings is 4. The molecule has 4 aromatic carbocycles. The lowest BCUT2D eigenvalue weighted by atomic mass is 9.99. The normalized spacial score (nSPS) is 10.7. The van der Waals surface area contributed by atoms with Crippen LogP contribution in [0.5, 0.6) is 5.75 Å². The van der Waals surface area contributed by atoms with Gasteiger partial charge in [-0.3, -0.25) is 14.2 Å². The molecule has 0 N–H and O–H groups in total. The molecule has 1 aromatic heterocycles. The number of thiazole rings is 1. The van der Waals surface area contributed by atoms with Crippen molar-refractivity contribution in [1.29, 1.82) is 0 Å². The predicted octanol–water partition coefficient (Wildman–Crippen LogP) is 5.77. The van der Waals surface area contributed by atoms with E-state index in [4.69, 9.17) is 4.74 Å². The van der Waals surface area contributed by atoms with Crippen molar-refractivity contribution in [3.8, 4) is 16.9 Å². The van der Waals surface area contributed by atoms with Crippen molar-refractivity contribution in [1.82, 2.24) is 4.57 Å². The van der Waals surface area contributed by atoms with E-state index in [0.29, 0.717) is 29.0 Å². The van der Waals surface area contributed by atoms with E-state index in [1.807, 2.05) is 54.6 Å². The summed E-state index contributed by atoms with van der Waals surface area (Å²) in [6, 6.07) is 29.5. The molecule has 0 atom stereocenters. The van der Waals surface area contributed by atoms with E-state index in [0.717, 1.165) is 32.7 Å².